The summed E-state index contributed by atoms with van der Waals surface area (Å²) in [5.74, 6) is 0.856. The van der Waals surface area contributed by atoms with Crippen molar-refractivity contribution in [1.82, 2.24) is 9.88 Å². The SMILES string of the molecule is CCOC(=O)c1ccc(N2CCC(C(=O)N3CCc4ccccc4C3)CC2)nc1. The number of piperidine rings is 1. The fraction of sp³-hybridized carbons (Fsp3) is 0.435. The highest BCUT2D eigenvalue weighted by Crippen LogP contribution is 2.26. The van der Waals surface area contributed by atoms with Crippen LogP contribution in [-0.4, -0.2) is 48.0 Å². The highest BCUT2D eigenvalue weighted by molar-refractivity contribution is 5.89. The molecule has 1 aromatic carbocycles. The summed E-state index contributed by atoms with van der Waals surface area (Å²) in [5.41, 5.74) is 3.10. The van der Waals surface area contributed by atoms with Gasteiger partial charge in [-0.25, -0.2) is 9.78 Å². The first-order chi connectivity index (χ1) is 14.2. The average molecular weight is 393 g/mol. The molecule has 1 fully saturated rings. The lowest BCUT2D eigenvalue weighted by Crippen LogP contribution is -2.44. The van der Waals surface area contributed by atoms with Crippen LogP contribution in [0.15, 0.2) is 42.6 Å². The fourth-order valence-electron chi connectivity index (χ4n) is 4.21. The van der Waals surface area contributed by atoms with Gasteiger partial charge in [-0.05, 0) is 49.4 Å². The van der Waals surface area contributed by atoms with E-state index in [4.69, 9.17) is 4.74 Å². The molecular formula is C23H27N3O3. The number of amides is 1. The predicted molar refractivity (Wildman–Crippen MR) is 111 cm³/mol. The summed E-state index contributed by atoms with van der Waals surface area (Å²) in [6.45, 7) is 5.27. The Morgan fingerprint density at radius 2 is 1.83 bits per heavy atom. The number of hydrogen-bond acceptors (Lipinski definition) is 5. The van der Waals surface area contributed by atoms with Crippen molar-refractivity contribution in [2.45, 2.75) is 32.7 Å². The molecule has 6 heteroatoms. The van der Waals surface area contributed by atoms with E-state index >= 15 is 0 Å². The second kappa shape index (κ2) is 8.64. The zero-order valence-electron chi connectivity index (χ0n) is 16.8. The molecule has 1 amide bonds. The molecule has 0 bridgehead atoms. The molecule has 0 saturated carbocycles. The maximum Gasteiger partial charge on any atom is 0.339 e. The molecule has 29 heavy (non-hydrogen) atoms. The molecule has 0 atom stereocenters. The minimum atomic E-state index is -0.348. The zero-order chi connectivity index (χ0) is 20.2. The number of pyridine rings is 1. The first kappa shape index (κ1) is 19.4. The van der Waals surface area contributed by atoms with Crippen molar-refractivity contribution < 1.29 is 14.3 Å². The number of carbonyl (C=O) groups is 2. The molecule has 1 saturated heterocycles. The van der Waals surface area contributed by atoms with Gasteiger partial charge in [-0.1, -0.05) is 24.3 Å². The first-order valence-corrected chi connectivity index (χ1v) is 10.4. The normalized spacial score (nSPS) is 17.0. The van der Waals surface area contributed by atoms with E-state index in [0.717, 1.165) is 51.3 Å². The van der Waals surface area contributed by atoms with Crippen molar-refractivity contribution in [2.24, 2.45) is 5.92 Å². The van der Waals surface area contributed by atoms with Gasteiger partial charge >= 0.3 is 5.97 Å². The van der Waals surface area contributed by atoms with E-state index in [1.165, 1.54) is 11.1 Å². The number of rotatable bonds is 4. The van der Waals surface area contributed by atoms with E-state index < -0.39 is 0 Å². The second-order valence-corrected chi connectivity index (χ2v) is 7.67. The lowest BCUT2D eigenvalue weighted by Gasteiger charge is -2.36. The number of anilines is 1. The number of aromatic nitrogens is 1. The van der Waals surface area contributed by atoms with Crippen molar-refractivity contribution >= 4 is 17.7 Å². The molecule has 2 aromatic rings. The summed E-state index contributed by atoms with van der Waals surface area (Å²) in [6, 6.07) is 12.0. The van der Waals surface area contributed by atoms with Gasteiger partial charge < -0.3 is 14.5 Å². The third-order valence-corrected chi connectivity index (χ3v) is 5.87. The number of hydrogen-bond donors (Lipinski definition) is 0. The summed E-state index contributed by atoms with van der Waals surface area (Å²) in [6.07, 6.45) is 4.17. The van der Waals surface area contributed by atoms with Crippen molar-refractivity contribution in [1.29, 1.82) is 0 Å². The van der Waals surface area contributed by atoms with E-state index in [9.17, 15) is 9.59 Å². The van der Waals surface area contributed by atoms with Crippen LogP contribution in [0.4, 0.5) is 5.82 Å². The molecular weight excluding hydrogens is 366 g/mol. The minimum absolute atomic E-state index is 0.0790. The second-order valence-electron chi connectivity index (χ2n) is 7.67. The number of esters is 1. The average Bonchev–Trinajstić information content (AvgIpc) is 2.78. The van der Waals surface area contributed by atoms with Crippen LogP contribution < -0.4 is 4.90 Å². The Morgan fingerprint density at radius 3 is 2.52 bits per heavy atom. The third-order valence-electron chi connectivity index (χ3n) is 5.87. The molecule has 0 N–H and O–H groups in total. The quantitative estimate of drug-likeness (QED) is 0.747. The monoisotopic (exact) mass is 393 g/mol. The van der Waals surface area contributed by atoms with Crippen molar-refractivity contribution in [3.63, 3.8) is 0 Å². The first-order valence-electron chi connectivity index (χ1n) is 10.4. The number of ether oxygens (including phenoxy) is 1. The van der Waals surface area contributed by atoms with Gasteiger partial charge in [0.1, 0.15) is 5.82 Å². The molecule has 3 heterocycles. The van der Waals surface area contributed by atoms with Crippen LogP contribution in [0.3, 0.4) is 0 Å². The smallest absolute Gasteiger partial charge is 0.339 e. The molecule has 2 aliphatic heterocycles. The van der Waals surface area contributed by atoms with Gasteiger partial charge in [0.2, 0.25) is 5.91 Å². The lowest BCUT2D eigenvalue weighted by atomic mass is 9.93. The Bertz CT molecular complexity index is 873. The van der Waals surface area contributed by atoms with Crippen LogP contribution in [0.25, 0.3) is 0 Å². The van der Waals surface area contributed by atoms with Crippen LogP contribution in [0.5, 0.6) is 0 Å². The Balaban J connectivity index is 1.32. The van der Waals surface area contributed by atoms with Crippen LogP contribution >= 0.6 is 0 Å². The number of carbonyl (C=O) groups excluding carboxylic acids is 2. The van der Waals surface area contributed by atoms with E-state index in [2.05, 4.69) is 28.1 Å². The Kier molecular flexibility index (Phi) is 5.79. The number of benzene rings is 1. The van der Waals surface area contributed by atoms with Crippen LogP contribution in [0.2, 0.25) is 0 Å². The molecule has 0 spiro atoms. The molecule has 0 aliphatic carbocycles. The summed E-state index contributed by atoms with van der Waals surface area (Å²) in [4.78, 5) is 33.4. The van der Waals surface area contributed by atoms with E-state index in [1.807, 2.05) is 17.0 Å². The Labute approximate surface area is 171 Å². The number of fused-ring (bicyclic) bond motifs is 1. The summed E-state index contributed by atoms with van der Waals surface area (Å²) >= 11 is 0. The molecule has 0 unspecified atom stereocenters. The third kappa shape index (κ3) is 4.26. The topological polar surface area (TPSA) is 62.7 Å². The van der Waals surface area contributed by atoms with Gasteiger partial charge in [-0.15, -0.1) is 0 Å². The van der Waals surface area contributed by atoms with E-state index in [-0.39, 0.29) is 17.8 Å². The Hall–Kier alpha value is -2.89. The fourth-order valence-corrected chi connectivity index (χ4v) is 4.21. The van der Waals surface area contributed by atoms with Crippen molar-refractivity contribution in [3.8, 4) is 0 Å². The van der Waals surface area contributed by atoms with Gasteiger partial charge in [0.25, 0.3) is 0 Å². The highest BCUT2D eigenvalue weighted by Gasteiger charge is 2.30. The zero-order valence-corrected chi connectivity index (χ0v) is 16.8. The van der Waals surface area contributed by atoms with Crippen LogP contribution in [0.1, 0.15) is 41.3 Å². The standard InChI is InChI=1S/C23H27N3O3/c1-2-29-23(28)19-7-8-21(24-15-19)25-12-10-18(11-13-25)22(27)26-14-9-17-5-3-4-6-20(17)16-26/h3-8,15,18H,2,9-14,16H2,1H3. The van der Waals surface area contributed by atoms with Crippen molar-refractivity contribution in [2.75, 3.05) is 31.1 Å². The molecule has 2 aliphatic rings. The largest absolute Gasteiger partial charge is 0.462 e. The molecule has 1 aromatic heterocycles. The highest BCUT2D eigenvalue weighted by atomic mass is 16.5. The van der Waals surface area contributed by atoms with Crippen molar-refractivity contribution in [3.05, 3.63) is 59.3 Å². The molecule has 0 radical (unpaired) electrons. The van der Waals surface area contributed by atoms with Gasteiger partial charge in [0, 0.05) is 38.3 Å². The predicted octanol–water partition coefficient (Wildman–Crippen LogP) is 3.06. The molecule has 6 nitrogen and oxygen atoms in total. The van der Waals surface area contributed by atoms with Gasteiger partial charge in [-0.3, -0.25) is 4.79 Å². The summed E-state index contributed by atoms with van der Waals surface area (Å²) < 4.78 is 5.00. The van der Waals surface area contributed by atoms with E-state index in [1.54, 1.807) is 19.2 Å². The maximum absolute atomic E-state index is 13.0. The maximum atomic E-state index is 13.0. The number of nitrogens with zero attached hydrogens (tertiary/aromatic N) is 3. The summed E-state index contributed by atoms with van der Waals surface area (Å²) in [7, 11) is 0. The van der Waals surface area contributed by atoms with Crippen LogP contribution in [0, 0.1) is 5.92 Å². The Morgan fingerprint density at radius 1 is 1.07 bits per heavy atom. The molecule has 4 rings (SSSR count). The minimum Gasteiger partial charge on any atom is -0.462 e. The van der Waals surface area contributed by atoms with Gasteiger partial charge in [-0.2, -0.15) is 0 Å². The van der Waals surface area contributed by atoms with E-state index in [0.29, 0.717) is 12.2 Å². The molecule has 152 valence electrons. The van der Waals surface area contributed by atoms with Gasteiger partial charge in [0.05, 0.1) is 12.2 Å². The summed E-state index contributed by atoms with van der Waals surface area (Å²) in [5, 5.41) is 0. The van der Waals surface area contributed by atoms with Crippen LogP contribution in [-0.2, 0) is 22.5 Å². The van der Waals surface area contributed by atoms with Gasteiger partial charge in [0.15, 0.2) is 0 Å². The lowest BCUT2D eigenvalue weighted by molar-refractivity contribution is -0.137.